The van der Waals surface area contributed by atoms with Crippen LogP contribution in [0.5, 0.6) is 17.2 Å². The molecule has 0 spiro atoms. The van der Waals surface area contributed by atoms with Crippen molar-refractivity contribution in [3.8, 4) is 17.2 Å². The topological polar surface area (TPSA) is 66.0 Å². The lowest BCUT2D eigenvalue weighted by molar-refractivity contribution is -0.118. The van der Waals surface area contributed by atoms with Crippen LogP contribution in [-0.2, 0) is 16.0 Å². The maximum Gasteiger partial charge on any atom is 0.262 e. The predicted molar refractivity (Wildman–Crippen MR) is 108 cm³/mol. The standard InChI is InChI=1S/C21H24ClNO5/c1-21(2)12-14-6-4-9-17(19(14)28-21)27-13-18(24)23-16-8-5-7-15(22)20(16)26-11-10-25-3/h4-9H,10-13H2,1-3H3,(H,23,24). The second-order valence-electron chi connectivity index (χ2n) is 7.08. The molecule has 0 aliphatic carbocycles. The van der Waals surface area contributed by atoms with Crippen molar-refractivity contribution in [3.63, 3.8) is 0 Å². The summed E-state index contributed by atoms with van der Waals surface area (Å²) in [4.78, 5) is 12.4. The fourth-order valence-corrected chi connectivity index (χ4v) is 3.24. The molecule has 0 aromatic heterocycles. The third-order valence-corrected chi connectivity index (χ3v) is 4.49. The minimum atomic E-state index is -0.325. The molecule has 7 heteroatoms. The number of amides is 1. The van der Waals surface area contributed by atoms with Crippen molar-refractivity contribution in [2.75, 3.05) is 32.2 Å². The SMILES string of the molecule is COCCOc1c(Cl)cccc1NC(=O)COc1cccc2c1OC(C)(C)C2. The molecule has 0 unspecified atom stereocenters. The van der Waals surface area contributed by atoms with Gasteiger partial charge in [-0.1, -0.05) is 29.8 Å². The number of hydrogen-bond donors (Lipinski definition) is 1. The summed E-state index contributed by atoms with van der Waals surface area (Å²) in [5.41, 5.74) is 1.28. The minimum Gasteiger partial charge on any atom is -0.487 e. The number of halogens is 1. The van der Waals surface area contributed by atoms with Gasteiger partial charge in [0, 0.05) is 19.1 Å². The summed E-state index contributed by atoms with van der Waals surface area (Å²) in [6.45, 7) is 4.62. The van der Waals surface area contributed by atoms with Crippen LogP contribution in [0.15, 0.2) is 36.4 Å². The van der Waals surface area contributed by atoms with Gasteiger partial charge in [0.05, 0.1) is 17.3 Å². The number of carbonyl (C=O) groups is 1. The molecule has 3 rings (SSSR count). The van der Waals surface area contributed by atoms with Crippen molar-refractivity contribution < 1.29 is 23.7 Å². The van der Waals surface area contributed by atoms with Crippen LogP contribution in [0.25, 0.3) is 0 Å². The molecule has 1 aliphatic rings. The zero-order valence-corrected chi connectivity index (χ0v) is 17.0. The summed E-state index contributed by atoms with van der Waals surface area (Å²) in [6, 6.07) is 10.9. The minimum absolute atomic E-state index is 0.162. The third kappa shape index (κ3) is 4.88. The molecule has 0 saturated heterocycles. The fourth-order valence-electron chi connectivity index (χ4n) is 3.01. The van der Waals surface area contributed by atoms with E-state index in [2.05, 4.69) is 5.32 Å². The maximum absolute atomic E-state index is 12.4. The van der Waals surface area contributed by atoms with Crippen LogP contribution in [0.3, 0.4) is 0 Å². The van der Waals surface area contributed by atoms with Crippen molar-refractivity contribution in [3.05, 3.63) is 47.0 Å². The fraction of sp³-hybridized carbons (Fsp3) is 0.381. The molecule has 0 radical (unpaired) electrons. The molecule has 0 fully saturated rings. The molecule has 0 saturated carbocycles. The summed E-state index contributed by atoms with van der Waals surface area (Å²) >= 11 is 6.19. The first kappa shape index (κ1) is 20.3. The molecular formula is C21H24ClNO5. The Hall–Kier alpha value is -2.44. The monoisotopic (exact) mass is 405 g/mol. The number of methoxy groups -OCH3 is 1. The molecule has 2 aromatic carbocycles. The van der Waals surface area contributed by atoms with Gasteiger partial charge in [-0.3, -0.25) is 4.79 Å². The summed E-state index contributed by atoms with van der Waals surface area (Å²) in [5, 5.41) is 3.19. The van der Waals surface area contributed by atoms with Crippen LogP contribution in [0, 0.1) is 0 Å². The van der Waals surface area contributed by atoms with Gasteiger partial charge >= 0.3 is 0 Å². The molecule has 150 valence electrons. The second-order valence-corrected chi connectivity index (χ2v) is 7.48. The van der Waals surface area contributed by atoms with E-state index >= 15 is 0 Å². The average Bonchev–Trinajstić information content (AvgIpc) is 2.96. The normalized spacial score (nSPS) is 14.1. The molecule has 0 atom stereocenters. The largest absolute Gasteiger partial charge is 0.487 e. The molecule has 1 N–H and O–H groups in total. The van der Waals surface area contributed by atoms with Crippen LogP contribution in [0.4, 0.5) is 5.69 Å². The Morgan fingerprint density at radius 1 is 1.18 bits per heavy atom. The van der Waals surface area contributed by atoms with Gasteiger partial charge in [0.1, 0.15) is 12.2 Å². The molecule has 1 amide bonds. The number of rotatable bonds is 8. The maximum atomic E-state index is 12.4. The number of nitrogens with one attached hydrogen (secondary N) is 1. The van der Waals surface area contributed by atoms with Crippen LogP contribution in [-0.4, -0.2) is 38.4 Å². The van der Waals surface area contributed by atoms with Crippen molar-refractivity contribution in [2.45, 2.75) is 25.9 Å². The van der Waals surface area contributed by atoms with Gasteiger partial charge in [0.2, 0.25) is 0 Å². The van der Waals surface area contributed by atoms with Crippen molar-refractivity contribution in [1.82, 2.24) is 0 Å². The lowest BCUT2D eigenvalue weighted by atomic mass is 10.0. The van der Waals surface area contributed by atoms with E-state index in [1.807, 2.05) is 26.0 Å². The van der Waals surface area contributed by atoms with Crippen LogP contribution in [0.2, 0.25) is 5.02 Å². The molecule has 1 aliphatic heterocycles. The highest BCUT2D eigenvalue weighted by Gasteiger charge is 2.32. The number of carbonyl (C=O) groups excluding carboxylic acids is 1. The molecule has 2 aromatic rings. The summed E-state index contributed by atoms with van der Waals surface area (Å²) in [6.07, 6.45) is 0.802. The number of para-hydroxylation sites is 2. The van der Waals surface area contributed by atoms with Crippen LogP contribution < -0.4 is 19.5 Å². The Balaban J connectivity index is 1.64. The van der Waals surface area contributed by atoms with Crippen molar-refractivity contribution in [2.24, 2.45) is 0 Å². The highest BCUT2D eigenvalue weighted by molar-refractivity contribution is 6.32. The Labute approximate surface area is 169 Å². The van der Waals surface area contributed by atoms with Crippen molar-refractivity contribution >= 4 is 23.2 Å². The molecule has 28 heavy (non-hydrogen) atoms. The van der Waals surface area contributed by atoms with Gasteiger partial charge in [0.15, 0.2) is 23.9 Å². The van der Waals surface area contributed by atoms with Crippen LogP contribution in [0.1, 0.15) is 19.4 Å². The molecule has 6 nitrogen and oxygen atoms in total. The second kappa shape index (κ2) is 8.71. The first-order chi connectivity index (χ1) is 13.4. The van der Waals surface area contributed by atoms with E-state index in [9.17, 15) is 4.79 Å². The predicted octanol–water partition coefficient (Wildman–Crippen LogP) is 4.10. The quantitative estimate of drug-likeness (QED) is 0.670. The van der Waals surface area contributed by atoms with E-state index in [1.54, 1.807) is 31.4 Å². The van der Waals surface area contributed by atoms with Gasteiger partial charge in [-0.15, -0.1) is 0 Å². The Kier molecular flexibility index (Phi) is 6.31. The Morgan fingerprint density at radius 3 is 2.75 bits per heavy atom. The highest BCUT2D eigenvalue weighted by atomic mass is 35.5. The van der Waals surface area contributed by atoms with Crippen molar-refractivity contribution in [1.29, 1.82) is 0 Å². The van der Waals surface area contributed by atoms with Gasteiger partial charge in [-0.25, -0.2) is 0 Å². The lowest BCUT2D eigenvalue weighted by Crippen LogP contribution is -2.25. The zero-order valence-electron chi connectivity index (χ0n) is 16.2. The lowest BCUT2D eigenvalue weighted by Gasteiger charge is -2.18. The number of benzene rings is 2. The third-order valence-electron chi connectivity index (χ3n) is 4.19. The number of hydrogen-bond acceptors (Lipinski definition) is 5. The summed E-state index contributed by atoms with van der Waals surface area (Å²) in [5.74, 6) is 1.33. The van der Waals surface area contributed by atoms with E-state index in [4.69, 9.17) is 30.5 Å². The average molecular weight is 406 g/mol. The number of anilines is 1. The van der Waals surface area contributed by atoms with Gasteiger partial charge in [-0.2, -0.15) is 0 Å². The summed E-state index contributed by atoms with van der Waals surface area (Å²) < 4.78 is 22.3. The molecule has 1 heterocycles. The van der Waals surface area contributed by atoms with E-state index in [1.165, 1.54) is 0 Å². The van der Waals surface area contributed by atoms with E-state index in [-0.39, 0.29) is 18.1 Å². The Bertz CT molecular complexity index is 853. The number of fused-ring (bicyclic) bond motifs is 1. The molecule has 0 bridgehead atoms. The van der Waals surface area contributed by atoms with E-state index < -0.39 is 0 Å². The van der Waals surface area contributed by atoms with Gasteiger partial charge < -0.3 is 24.3 Å². The van der Waals surface area contributed by atoms with Gasteiger partial charge in [0.25, 0.3) is 5.91 Å². The van der Waals surface area contributed by atoms with E-state index in [0.717, 1.165) is 12.0 Å². The smallest absolute Gasteiger partial charge is 0.262 e. The first-order valence-electron chi connectivity index (χ1n) is 9.03. The van der Waals surface area contributed by atoms with E-state index in [0.29, 0.717) is 41.2 Å². The van der Waals surface area contributed by atoms with Crippen LogP contribution >= 0.6 is 11.6 Å². The Morgan fingerprint density at radius 2 is 1.96 bits per heavy atom. The highest BCUT2D eigenvalue weighted by Crippen LogP contribution is 2.41. The first-order valence-corrected chi connectivity index (χ1v) is 9.41. The zero-order chi connectivity index (χ0) is 20.1. The van der Waals surface area contributed by atoms with Gasteiger partial charge in [-0.05, 0) is 32.0 Å². The number of ether oxygens (including phenoxy) is 4. The summed E-state index contributed by atoms with van der Waals surface area (Å²) in [7, 11) is 1.58. The molecular weight excluding hydrogens is 382 g/mol.